The quantitative estimate of drug-likeness (QED) is 0.663. The van der Waals surface area contributed by atoms with Crippen LogP contribution in [0.25, 0.3) is 11.2 Å². The number of aliphatic hydroxyl groups is 2. The molecule has 0 radical (unpaired) electrons. The standard InChI is InChI=1S/C20H27N5O2/c1-13-5-7-16(8-6-13)9-14(2)24(4)19-18-20(22-11-21-19)25(12-23-18)17(10-26)15(3)27/h5-8,11-12,14-15,17,26-27H,9-10H2,1-4H3/t14?,15-,17-/m1/s1. The number of benzene rings is 1. The van der Waals surface area contributed by atoms with Crippen molar-refractivity contribution in [3.8, 4) is 0 Å². The Kier molecular flexibility index (Phi) is 5.72. The van der Waals surface area contributed by atoms with Crippen LogP contribution < -0.4 is 4.90 Å². The van der Waals surface area contributed by atoms with Crippen LogP contribution in [0.15, 0.2) is 36.9 Å². The van der Waals surface area contributed by atoms with Crippen molar-refractivity contribution in [2.75, 3.05) is 18.6 Å². The van der Waals surface area contributed by atoms with Crippen molar-refractivity contribution in [2.45, 2.75) is 45.4 Å². The van der Waals surface area contributed by atoms with Crippen LogP contribution in [0.4, 0.5) is 5.82 Å². The first kappa shape index (κ1) is 19.3. The number of aliphatic hydroxyl groups excluding tert-OH is 2. The van der Waals surface area contributed by atoms with Gasteiger partial charge in [0, 0.05) is 13.1 Å². The second-order valence-electron chi connectivity index (χ2n) is 7.16. The van der Waals surface area contributed by atoms with Gasteiger partial charge in [-0.05, 0) is 32.8 Å². The molecule has 2 heterocycles. The van der Waals surface area contributed by atoms with E-state index in [9.17, 15) is 10.2 Å². The average Bonchev–Trinajstić information content (AvgIpc) is 3.07. The predicted molar refractivity (Wildman–Crippen MR) is 106 cm³/mol. The molecule has 7 nitrogen and oxygen atoms in total. The van der Waals surface area contributed by atoms with Gasteiger partial charge in [-0.3, -0.25) is 0 Å². The zero-order chi connectivity index (χ0) is 19.6. The second-order valence-corrected chi connectivity index (χ2v) is 7.16. The Balaban J connectivity index is 1.89. The summed E-state index contributed by atoms with van der Waals surface area (Å²) in [7, 11) is 2.00. The van der Waals surface area contributed by atoms with Crippen LogP contribution in [-0.4, -0.2) is 55.5 Å². The number of nitrogens with zero attached hydrogens (tertiary/aromatic N) is 5. The van der Waals surface area contributed by atoms with Crippen LogP contribution in [-0.2, 0) is 6.42 Å². The van der Waals surface area contributed by atoms with Crippen molar-refractivity contribution in [1.82, 2.24) is 19.5 Å². The molecule has 1 aromatic carbocycles. The van der Waals surface area contributed by atoms with Crippen LogP contribution in [0.3, 0.4) is 0 Å². The summed E-state index contributed by atoms with van der Waals surface area (Å²) < 4.78 is 1.71. The molecule has 0 bridgehead atoms. The minimum Gasteiger partial charge on any atom is -0.394 e. The van der Waals surface area contributed by atoms with Crippen LogP contribution >= 0.6 is 0 Å². The fraction of sp³-hybridized carbons (Fsp3) is 0.450. The van der Waals surface area contributed by atoms with Gasteiger partial charge >= 0.3 is 0 Å². The average molecular weight is 369 g/mol. The molecule has 0 aliphatic rings. The Hall–Kier alpha value is -2.51. The fourth-order valence-corrected chi connectivity index (χ4v) is 3.22. The molecule has 0 spiro atoms. The number of imidazole rings is 1. The third kappa shape index (κ3) is 3.94. The normalized spacial score (nSPS) is 14.9. The first-order valence-electron chi connectivity index (χ1n) is 9.17. The Morgan fingerprint density at radius 1 is 1.11 bits per heavy atom. The van der Waals surface area contributed by atoms with Gasteiger partial charge in [0.05, 0.1) is 25.1 Å². The Bertz CT molecular complexity index is 891. The van der Waals surface area contributed by atoms with E-state index >= 15 is 0 Å². The molecule has 0 fully saturated rings. The summed E-state index contributed by atoms with van der Waals surface area (Å²) in [4.78, 5) is 15.3. The van der Waals surface area contributed by atoms with Gasteiger partial charge < -0.3 is 19.7 Å². The van der Waals surface area contributed by atoms with E-state index in [1.807, 2.05) is 7.05 Å². The second kappa shape index (κ2) is 8.02. The molecule has 2 N–H and O–H groups in total. The molecule has 0 aliphatic heterocycles. The van der Waals surface area contributed by atoms with Crippen LogP contribution in [0, 0.1) is 6.92 Å². The lowest BCUT2D eigenvalue weighted by molar-refractivity contribution is 0.0885. The van der Waals surface area contributed by atoms with Crippen LogP contribution in [0.1, 0.15) is 31.0 Å². The van der Waals surface area contributed by atoms with Gasteiger partial charge in [0.2, 0.25) is 0 Å². The number of hydrogen-bond acceptors (Lipinski definition) is 6. The van der Waals surface area contributed by atoms with Gasteiger partial charge in [0.25, 0.3) is 0 Å². The first-order valence-corrected chi connectivity index (χ1v) is 9.17. The zero-order valence-electron chi connectivity index (χ0n) is 16.2. The molecule has 3 atom stereocenters. The number of aromatic nitrogens is 4. The summed E-state index contributed by atoms with van der Waals surface area (Å²) >= 11 is 0. The van der Waals surface area contributed by atoms with Gasteiger partial charge in [-0.25, -0.2) is 15.0 Å². The lowest BCUT2D eigenvalue weighted by atomic mass is 10.0. The number of anilines is 1. The van der Waals surface area contributed by atoms with Gasteiger partial charge in [0.1, 0.15) is 6.33 Å². The number of likely N-dealkylation sites (N-methyl/N-ethyl adjacent to an activating group) is 1. The molecule has 2 aromatic heterocycles. The van der Waals surface area contributed by atoms with E-state index in [4.69, 9.17) is 0 Å². The van der Waals surface area contributed by atoms with E-state index in [2.05, 4.69) is 58.0 Å². The van der Waals surface area contributed by atoms with E-state index in [0.29, 0.717) is 11.2 Å². The molecular formula is C20H27N5O2. The van der Waals surface area contributed by atoms with E-state index in [0.717, 1.165) is 12.2 Å². The van der Waals surface area contributed by atoms with Crippen molar-refractivity contribution in [2.24, 2.45) is 0 Å². The highest BCUT2D eigenvalue weighted by Crippen LogP contribution is 2.26. The maximum Gasteiger partial charge on any atom is 0.165 e. The maximum atomic E-state index is 9.93. The molecule has 0 amide bonds. The minimum atomic E-state index is -0.719. The molecule has 7 heteroatoms. The third-order valence-electron chi connectivity index (χ3n) is 5.09. The molecule has 1 unspecified atom stereocenters. The highest BCUT2D eigenvalue weighted by molar-refractivity contribution is 5.83. The third-order valence-corrected chi connectivity index (χ3v) is 5.09. The lowest BCUT2D eigenvalue weighted by Gasteiger charge is -2.26. The Labute approximate surface area is 159 Å². The largest absolute Gasteiger partial charge is 0.394 e. The minimum absolute atomic E-state index is 0.192. The smallest absolute Gasteiger partial charge is 0.165 e. The van der Waals surface area contributed by atoms with Crippen molar-refractivity contribution < 1.29 is 10.2 Å². The summed E-state index contributed by atoms with van der Waals surface area (Å²) in [6.45, 7) is 5.68. The van der Waals surface area contributed by atoms with E-state index in [-0.39, 0.29) is 12.6 Å². The van der Waals surface area contributed by atoms with Crippen molar-refractivity contribution in [3.05, 3.63) is 48.0 Å². The van der Waals surface area contributed by atoms with E-state index < -0.39 is 12.1 Å². The Morgan fingerprint density at radius 2 is 1.81 bits per heavy atom. The van der Waals surface area contributed by atoms with Gasteiger partial charge in [-0.2, -0.15) is 0 Å². The summed E-state index contributed by atoms with van der Waals surface area (Å²) in [6.07, 6.45) is 3.27. The monoisotopic (exact) mass is 369 g/mol. The summed E-state index contributed by atoms with van der Waals surface area (Å²) in [5.41, 5.74) is 3.79. The molecular weight excluding hydrogens is 342 g/mol. The topological polar surface area (TPSA) is 87.3 Å². The SMILES string of the molecule is Cc1ccc(CC(C)N(C)c2ncnc3c2ncn3[C@H](CO)[C@@H](C)O)cc1. The van der Waals surface area contributed by atoms with Crippen molar-refractivity contribution in [3.63, 3.8) is 0 Å². The van der Waals surface area contributed by atoms with E-state index in [1.54, 1.807) is 17.8 Å². The highest BCUT2D eigenvalue weighted by Gasteiger charge is 2.22. The summed E-state index contributed by atoms with van der Waals surface area (Å²) in [5.74, 6) is 0.737. The van der Waals surface area contributed by atoms with Crippen LogP contribution in [0.5, 0.6) is 0 Å². The van der Waals surface area contributed by atoms with Crippen molar-refractivity contribution >= 4 is 17.0 Å². The predicted octanol–water partition coefficient (Wildman–Crippen LogP) is 2.12. The number of fused-ring (bicyclic) bond motifs is 1. The highest BCUT2D eigenvalue weighted by atomic mass is 16.3. The first-order chi connectivity index (χ1) is 12.9. The van der Waals surface area contributed by atoms with Gasteiger partial charge in [-0.1, -0.05) is 29.8 Å². The molecule has 27 heavy (non-hydrogen) atoms. The van der Waals surface area contributed by atoms with Crippen LogP contribution in [0.2, 0.25) is 0 Å². The molecule has 0 saturated heterocycles. The molecule has 0 saturated carbocycles. The van der Waals surface area contributed by atoms with Gasteiger partial charge in [-0.15, -0.1) is 0 Å². The van der Waals surface area contributed by atoms with Crippen molar-refractivity contribution in [1.29, 1.82) is 0 Å². The zero-order valence-corrected chi connectivity index (χ0v) is 16.2. The maximum absolute atomic E-state index is 9.93. The lowest BCUT2D eigenvalue weighted by Crippen LogP contribution is -2.31. The number of hydrogen-bond donors (Lipinski definition) is 2. The molecule has 144 valence electrons. The Morgan fingerprint density at radius 3 is 2.44 bits per heavy atom. The van der Waals surface area contributed by atoms with E-state index in [1.165, 1.54) is 17.5 Å². The molecule has 0 aliphatic carbocycles. The number of aryl methyl sites for hydroxylation is 1. The fourth-order valence-electron chi connectivity index (χ4n) is 3.22. The molecule has 3 rings (SSSR count). The summed E-state index contributed by atoms with van der Waals surface area (Å²) in [6, 6.07) is 8.26. The summed E-state index contributed by atoms with van der Waals surface area (Å²) in [5, 5.41) is 19.5. The molecule has 3 aromatic rings. The van der Waals surface area contributed by atoms with Gasteiger partial charge in [0.15, 0.2) is 17.0 Å². The number of rotatable bonds is 7.